The molecule has 0 aromatic heterocycles. The Hall–Kier alpha value is -1.51. The van der Waals surface area contributed by atoms with Crippen molar-refractivity contribution in [2.75, 3.05) is 7.11 Å². The number of rotatable bonds is 5. The first-order valence-corrected chi connectivity index (χ1v) is 7.72. The summed E-state index contributed by atoms with van der Waals surface area (Å²) in [6.07, 6.45) is 2.57. The third kappa shape index (κ3) is 3.39. The van der Waals surface area contributed by atoms with Crippen molar-refractivity contribution in [1.29, 1.82) is 0 Å². The van der Waals surface area contributed by atoms with E-state index in [9.17, 15) is 0 Å². The normalized spacial score (nSPS) is 14.2. The molecule has 1 aliphatic rings. The largest absolute Gasteiger partial charge is 0.496 e. The Morgan fingerprint density at radius 1 is 1.14 bits per heavy atom. The van der Waals surface area contributed by atoms with Crippen molar-refractivity contribution in [2.45, 2.75) is 32.4 Å². The van der Waals surface area contributed by atoms with E-state index < -0.39 is 0 Å². The molecule has 1 saturated carbocycles. The van der Waals surface area contributed by atoms with E-state index in [1.54, 1.807) is 7.11 Å². The van der Waals surface area contributed by atoms with E-state index in [2.05, 4.69) is 36.5 Å². The van der Waals surface area contributed by atoms with Gasteiger partial charge >= 0.3 is 0 Å². The van der Waals surface area contributed by atoms with Crippen LogP contribution in [0.5, 0.6) is 5.75 Å². The first-order valence-electron chi connectivity index (χ1n) is 7.34. The summed E-state index contributed by atoms with van der Waals surface area (Å²) >= 11 is 6.31. The topological polar surface area (TPSA) is 21.3 Å². The summed E-state index contributed by atoms with van der Waals surface area (Å²) in [7, 11) is 1.70. The average molecular weight is 302 g/mol. The van der Waals surface area contributed by atoms with E-state index in [0.717, 1.165) is 28.4 Å². The van der Waals surface area contributed by atoms with E-state index in [1.165, 1.54) is 24.0 Å². The zero-order chi connectivity index (χ0) is 14.8. The van der Waals surface area contributed by atoms with Gasteiger partial charge in [0.25, 0.3) is 0 Å². The van der Waals surface area contributed by atoms with E-state index in [1.807, 2.05) is 12.1 Å². The van der Waals surface area contributed by atoms with Crippen molar-refractivity contribution >= 4 is 11.6 Å². The SMILES string of the molecule is COc1ccc(-c2ccc(Cl)c(CNC3CC3)c2)cc1C. The van der Waals surface area contributed by atoms with Crippen LogP contribution in [-0.2, 0) is 6.54 Å². The van der Waals surface area contributed by atoms with Gasteiger partial charge in [-0.05, 0) is 66.3 Å². The van der Waals surface area contributed by atoms with Crippen molar-refractivity contribution in [3.8, 4) is 16.9 Å². The Labute approximate surface area is 131 Å². The van der Waals surface area contributed by atoms with Gasteiger partial charge in [-0.15, -0.1) is 0 Å². The highest BCUT2D eigenvalue weighted by Crippen LogP contribution is 2.29. The molecule has 2 nitrogen and oxygen atoms in total. The molecule has 1 aliphatic carbocycles. The van der Waals surface area contributed by atoms with Gasteiger partial charge in [-0.3, -0.25) is 0 Å². The molecule has 0 amide bonds. The molecule has 0 radical (unpaired) electrons. The second-order valence-electron chi connectivity index (χ2n) is 5.65. The summed E-state index contributed by atoms with van der Waals surface area (Å²) in [5.41, 5.74) is 4.69. The minimum Gasteiger partial charge on any atom is -0.496 e. The van der Waals surface area contributed by atoms with Crippen molar-refractivity contribution in [2.24, 2.45) is 0 Å². The minimum atomic E-state index is 0.688. The molecule has 2 aromatic carbocycles. The predicted molar refractivity (Wildman–Crippen MR) is 88.0 cm³/mol. The molecule has 0 bridgehead atoms. The molecule has 0 spiro atoms. The van der Waals surface area contributed by atoms with E-state index in [0.29, 0.717) is 6.04 Å². The Kier molecular flexibility index (Phi) is 4.18. The third-order valence-corrected chi connectivity index (χ3v) is 4.30. The lowest BCUT2D eigenvalue weighted by molar-refractivity contribution is 0.412. The summed E-state index contributed by atoms with van der Waals surface area (Å²) in [6.45, 7) is 2.90. The maximum atomic E-state index is 6.31. The maximum absolute atomic E-state index is 6.31. The number of halogens is 1. The molecule has 0 aliphatic heterocycles. The van der Waals surface area contributed by atoms with Crippen molar-refractivity contribution in [3.05, 3.63) is 52.5 Å². The highest BCUT2D eigenvalue weighted by molar-refractivity contribution is 6.31. The molecule has 21 heavy (non-hydrogen) atoms. The van der Waals surface area contributed by atoms with Gasteiger partial charge in [-0.1, -0.05) is 23.7 Å². The smallest absolute Gasteiger partial charge is 0.121 e. The standard InChI is InChI=1S/C18H20ClNO/c1-12-9-13(4-8-18(12)21-2)14-3-7-17(19)15(10-14)11-20-16-5-6-16/h3-4,7-10,16,20H,5-6,11H2,1-2H3. The first kappa shape index (κ1) is 14.4. The summed E-state index contributed by atoms with van der Waals surface area (Å²) in [5, 5.41) is 4.35. The highest BCUT2D eigenvalue weighted by Gasteiger charge is 2.20. The Bertz CT molecular complexity index is 650. The monoisotopic (exact) mass is 301 g/mol. The van der Waals surface area contributed by atoms with Gasteiger partial charge in [0.05, 0.1) is 7.11 Å². The first-order chi connectivity index (χ1) is 10.2. The summed E-state index contributed by atoms with van der Waals surface area (Å²) in [4.78, 5) is 0. The van der Waals surface area contributed by atoms with Crippen LogP contribution in [0.2, 0.25) is 5.02 Å². The number of hydrogen-bond acceptors (Lipinski definition) is 2. The van der Waals surface area contributed by atoms with Crippen LogP contribution < -0.4 is 10.1 Å². The van der Waals surface area contributed by atoms with Crippen LogP contribution in [0, 0.1) is 6.92 Å². The van der Waals surface area contributed by atoms with Gasteiger partial charge in [0.1, 0.15) is 5.75 Å². The number of hydrogen-bond donors (Lipinski definition) is 1. The van der Waals surface area contributed by atoms with Crippen LogP contribution in [0.25, 0.3) is 11.1 Å². The quantitative estimate of drug-likeness (QED) is 0.873. The predicted octanol–water partition coefficient (Wildman–Crippen LogP) is 4.58. The summed E-state index contributed by atoms with van der Waals surface area (Å²) in [5.74, 6) is 0.920. The fraction of sp³-hybridized carbons (Fsp3) is 0.333. The van der Waals surface area contributed by atoms with E-state index in [4.69, 9.17) is 16.3 Å². The molecule has 110 valence electrons. The molecule has 3 heteroatoms. The molecular formula is C18H20ClNO. The number of ether oxygens (including phenoxy) is 1. The molecule has 3 rings (SSSR count). The Morgan fingerprint density at radius 2 is 1.86 bits per heavy atom. The zero-order valence-electron chi connectivity index (χ0n) is 12.4. The molecule has 2 aromatic rings. The van der Waals surface area contributed by atoms with Gasteiger partial charge in [0.15, 0.2) is 0 Å². The van der Waals surface area contributed by atoms with Crippen LogP contribution in [-0.4, -0.2) is 13.2 Å². The number of aryl methyl sites for hydroxylation is 1. The molecule has 0 heterocycles. The Balaban J connectivity index is 1.86. The lowest BCUT2D eigenvalue weighted by Crippen LogP contribution is -2.15. The summed E-state index contributed by atoms with van der Waals surface area (Å²) in [6, 6.07) is 13.2. The fourth-order valence-electron chi connectivity index (χ4n) is 2.49. The average Bonchev–Trinajstić information content (AvgIpc) is 3.30. The van der Waals surface area contributed by atoms with Gasteiger partial charge in [-0.25, -0.2) is 0 Å². The lowest BCUT2D eigenvalue weighted by Gasteiger charge is -2.11. The number of nitrogens with one attached hydrogen (secondary N) is 1. The Morgan fingerprint density at radius 3 is 2.52 bits per heavy atom. The van der Waals surface area contributed by atoms with Crippen molar-refractivity contribution in [3.63, 3.8) is 0 Å². The van der Waals surface area contributed by atoms with Gasteiger partial charge in [0.2, 0.25) is 0 Å². The van der Waals surface area contributed by atoms with E-state index in [-0.39, 0.29) is 0 Å². The lowest BCUT2D eigenvalue weighted by atomic mass is 10.0. The number of methoxy groups -OCH3 is 1. The van der Waals surface area contributed by atoms with Crippen LogP contribution in [0.3, 0.4) is 0 Å². The number of benzene rings is 2. The van der Waals surface area contributed by atoms with Crippen LogP contribution in [0.15, 0.2) is 36.4 Å². The van der Waals surface area contributed by atoms with Crippen LogP contribution in [0.4, 0.5) is 0 Å². The molecule has 0 saturated heterocycles. The second kappa shape index (κ2) is 6.08. The molecule has 0 unspecified atom stereocenters. The third-order valence-electron chi connectivity index (χ3n) is 3.93. The van der Waals surface area contributed by atoms with Crippen LogP contribution in [0.1, 0.15) is 24.0 Å². The molecular weight excluding hydrogens is 282 g/mol. The zero-order valence-corrected chi connectivity index (χ0v) is 13.2. The van der Waals surface area contributed by atoms with Crippen molar-refractivity contribution in [1.82, 2.24) is 5.32 Å². The van der Waals surface area contributed by atoms with Gasteiger partial charge in [-0.2, -0.15) is 0 Å². The molecule has 0 atom stereocenters. The van der Waals surface area contributed by atoms with Crippen molar-refractivity contribution < 1.29 is 4.74 Å². The van der Waals surface area contributed by atoms with E-state index >= 15 is 0 Å². The highest BCUT2D eigenvalue weighted by atomic mass is 35.5. The molecule has 1 N–H and O–H groups in total. The minimum absolute atomic E-state index is 0.688. The summed E-state index contributed by atoms with van der Waals surface area (Å²) < 4.78 is 5.32. The fourth-order valence-corrected chi connectivity index (χ4v) is 2.67. The van der Waals surface area contributed by atoms with Crippen LogP contribution >= 0.6 is 11.6 Å². The van der Waals surface area contributed by atoms with Gasteiger partial charge in [0, 0.05) is 17.6 Å². The maximum Gasteiger partial charge on any atom is 0.121 e. The molecule has 1 fully saturated rings. The second-order valence-corrected chi connectivity index (χ2v) is 6.05. The van der Waals surface area contributed by atoms with Gasteiger partial charge < -0.3 is 10.1 Å².